The molecule has 0 radical (unpaired) electrons. The predicted octanol–water partition coefficient (Wildman–Crippen LogP) is 6.47. The monoisotopic (exact) mass is 460 g/mol. The van der Waals surface area contributed by atoms with Gasteiger partial charge in [-0.15, -0.1) is 5.54 Å². The number of rotatable bonds is 13. The fourth-order valence-corrected chi connectivity index (χ4v) is 4.98. The van der Waals surface area contributed by atoms with Gasteiger partial charge in [-0.2, -0.15) is 4.68 Å². The molecule has 0 amide bonds. The second kappa shape index (κ2) is 12.4. The molecule has 0 bridgehead atoms. The maximum atomic E-state index is 5.93. The molecule has 2 heterocycles. The Hall–Kier alpha value is -1.12. The number of aromatic nitrogens is 3. The number of ether oxygens (including phenoxy) is 1. The van der Waals surface area contributed by atoms with Crippen LogP contribution in [0.1, 0.15) is 104 Å². The lowest BCUT2D eigenvalue weighted by Gasteiger charge is -2.32. The summed E-state index contributed by atoms with van der Waals surface area (Å²) in [5.74, 6) is 3.54. The third kappa shape index (κ3) is 8.03. The van der Waals surface area contributed by atoms with Gasteiger partial charge in [0.05, 0.1) is 0 Å². The van der Waals surface area contributed by atoms with Crippen molar-refractivity contribution in [1.29, 1.82) is 0 Å². The number of methoxy groups -OCH3 is 1. The third-order valence-corrected chi connectivity index (χ3v) is 12.1. The van der Waals surface area contributed by atoms with Crippen molar-refractivity contribution in [3.05, 3.63) is 11.9 Å². The van der Waals surface area contributed by atoms with Crippen molar-refractivity contribution >= 4 is 8.07 Å². The van der Waals surface area contributed by atoms with Crippen molar-refractivity contribution in [3.63, 3.8) is 0 Å². The molecule has 0 spiro atoms. The highest BCUT2D eigenvalue weighted by atomic mass is 28.3. The van der Waals surface area contributed by atoms with Gasteiger partial charge < -0.3 is 4.74 Å². The fraction of sp³-hybridized carbons (Fsp3) is 0.852. The van der Waals surface area contributed by atoms with Crippen LogP contribution >= 0.6 is 0 Å². The van der Waals surface area contributed by atoms with Gasteiger partial charge >= 0.3 is 0 Å². The van der Waals surface area contributed by atoms with Crippen LogP contribution in [-0.4, -0.2) is 30.7 Å². The molecular formula is C27H50N3OSi+. The highest BCUT2D eigenvalue weighted by Gasteiger charge is 2.43. The molecule has 0 fully saturated rings. The van der Waals surface area contributed by atoms with Crippen molar-refractivity contribution in [2.45, 2.75) is 142 Å². The Bertz CT molecular complexity index is 728. The molecule has 0 aliphatic carbocycles. The summed E-state index contributed by atoms with van der Waals surface area (Å²) in [5, 5.41) is 5.11. The number of unbranched alkanes of at least 4 members (excludes halogenated alkanes) is 10. The summed E-state index contributed by atoms with van der Waals surface area (Å²) in [5.41, 5.74) is 4.43. The molecule has 0 saturated carbocycles. The molecule has 4 nitrogen and oxygen atoms in total. The molecule has 0 N–H and O–H groups in total. The van der Waals surface area contributed by atoms with Gasteiger partial charge in [-0.3, -0.25) is 0 Å². The highest BCUT2D eigenvalue weighted by molar-refractivity contribution is 6.87. The average Bonchev–Trinajstić information content (AvgIpc) is 3.26. The van der Waals surface area contributed by atoms with E-state index in [0.29, 0.717) is 0 Å². The Morgan fingerprint density at radius 2 is 1.59 bits per heavy atom. The quantitative estimate of drug-likeness (QED) is 0.146. The van der Waals surface area contributed by atoms with E-state index in [1.807, 2.05) is 0 Å². The number of aryl methyl sites for hydroxylation is 1. The molecule has 0 saturated heterocycles. The summed E-state index contributed by atoms with van der Waals surface area (Å²) in [7, 11) is 0.139. The lowest BCUT2D eigenvalue weighted by atomic mass is 10.0. The van der Waals surface area contributed by atoms with Crippen LogP contribution in [0.3, 0.4) is 0 Å². The van der Waals surface area contributed by atoms with E-state index in [0.717, 1.165) is 19.5 Å². The summed E-state index contributed by atoms with van der Waals surface area (Å²) < 4.78 is 8.13. The standard InChI is InChI=1S/C27H50N3OSi/c1-8-9-10-11-12-13-14-15-16-17-18-19-25-22-29-23-27(31-5,24-30(29)28-25)20-21-32(6,7)26(2,3)4/h22H,8-19,23-24H2,1-7H3/q+1. The van der Waals surface area contributed by atoms with Gasteiger partial charge in [0.15, 0.2) is 18.3 Å². The van der Waals surface area contributed by atoms with Gasteiger partial charge in [-0.05, 0) is 16.3 Å². The van der Waals surface area contributed by atoms with E-state index in [9.17, 15) is 0 Å². The van der Waals surface area contributed by atoms with Crippen molar-refractivity contribution in [2.75, 3.05) is 7.11 Å². The first-order chi connectivity index (χ1) is 15.1. The predicted molar refractivity (Wildman–Crippen MR) is 137 cm³/mol. The normalized spacial score (nSPS) is 18.5. The zero-order valence-electron chi connectivity index (χ0n) is 22.2. The van der Waals surface area contributed by atoms with Crippen LogP contribution in [0.15, 0.2) is 6.20 Å². The van der Waals surface area contributed by atoms with Gasteiger partial charge in [-0.1, -0.05) is 111 Å². The van der Waals surface area contributed by atoms with Crippen LogP contribution in [0.2, 0.25) is 18.1 Å². The number of fused-ring (bicyclic) bond motifs is 1. The second-order valence-corrected chi connectivity index (χ2v) is 16.5. The Kier molecular flexibility index (Phi) is 10.5. The Morgan fingerprint density at radius 3 is 2.09 bits per heavy atom. The van der Waals surface area contributed by atoms with E-state index in [4.69, 9.17) is 9.84 Å². The largest absolute Gasteiger partial charge is 0.359 e. The first kappa shape index (κ1) is 27.1. The fourth-order valence-electron chi connectivity index (χ4n) is 4.07. The zero-order valence-corrected chi connectivity index (χ0v) is 23.2. The van der Waals surface area contributed by atoms with E-state index < -0.39 is 13.7 Å². The smallest absolute Gasteiger partial charge is 0.218 e. The molecule has 1 aromatic heterocycles. The summed E-state index contributed by atoms with van der Waals surface area (Å²) >= 11 is 0. The van der Waals surface area contributed by atoms with Gasteiger partial charge in [-0.25, -0.2) is 0 Å². The molecule has 32 heavy (non-hydrogen) atoms. The third-order valence-electron chi connectivity index (χ3n) is 7.56. The van der Waals surface area contributed by atoms with E-state index in [1.165, 1.54) is 76.3 Å². The minimum atomic E-state index is -1.65. The molecule has 1 atom stereocenters. The van der Waals surface area contributed by atoms with E-state index in [1.54, 1.807) is 7.11 Å². The van der Waals surface area contributed by atoms with Gasteiger partial charge in [0.25, 0.3) is 0 Å². The van der Waals surface area contributed by atoms with Gasteiger partial charge in [0, 0.05) is 18.6 Å². The minimum absolute atomic E-state index is 0.260. The van der Waals surface area contributed by atoms with Crippen molar-refractivity contribution < 1.29 is 9.42 Å². The second-order valence-electron chi connectivity index (χ2n) is 11.5. The molecule has 0 aromatic carbocycles. The first-order valence-corrected chi connectivity index (χ1v) is 16.2. The number of hydrogen-bond donors (Lipinski definition) is 0. The summed E-state index contributed by atoms with van der Waals surface area (Å²) in [6.07, 6.45) is 18.5. The Balaban J connectivity index is 1.71. The van der Waals surface area contributed by atoms with E-state index in [-0.39, 0.29) is 5.04 Å². The van der Waals surface area contributed by atoms with Crippen molar-refractivity contribution in [2.24, 2.45) is 0 Å². The van der Waals surface area contributed by atoms with Crippen LogP contribution in [0.4, 0.5) is 0 Å². The molecule has 2 rings (SSSR count). The van der Waals surface area contributed by atoms with E-state index >= 15 is 0 Å². The van der Waals surface area contributed by atoms with Crippen LogP contribution in [0.25, 0.3) is 0 Å². The van der Waals surface area contributed by atoms with Crippen LogP contribution < -0.4 is 4.68 Å². The van der Waals surface area contributed by atoms with Crippen LogP contribution in [-0.2, 0) is 24.2 Å². The molecule has 1 aromatic rings. The molecule has 1 aliphatic heterocycles. The maximum Gasteiger partial charge on any atom is 0.218 e. The topological polar surface area (TPSA) is 30.9 Å². The molecule has 1 unspecified atom stereocenters. The first-order valence-electron chi connectivity index (χ1n) is 13.2. The lowest BCUT2D eigenvalue weighted by molar-refractivity contribution is -0.766. The minimum Gasteiger partial charge on any atom is -0.359 e. The van der Waals surface area contributed by atoms with Gasteiger partial charge in [0.2, 0.25) is 5.69 Å². The lowest BCUT2D eigenvalue weighted by Crippen LogP contribution is -2.43. The number of nitrogens with zero attached hydrogens (tertiary/aromatic N) is 3. The van der Waals surface area contributed by atoms with Crippen LogP contribution in [0, 0.1) is 11.5 Å². The molecular weight excluding hydrogens is 410 g/mol. The van der Waals surface area contributed by atoms with E-state index in [2.05, 4.69) is 67.9 Å². The average molecular weight is 461 g/mol. The SMILES string of the molecule is CCCCCCCCCCCCCc1c[n+]2n(n1)CC(C#C[Si](C)(C)C(C)(C)C)(OC)C2. The maximum absolute atomic E-state index is 5.93. The number of hydrogen-bond acceptors (Lipinski definition) is 2. The summed E-state index contributed by atoms with van der Waals surface area (Å²) in [4.78, 5) is 2.07. The molecule has 1 aliphatic rings. The molecule has 5 heteroatoms. The van der Waals surface area contributed by atoms with Gasteiger partial charge in [0.1, 0.15) is 14.6 Å². The zero-order chi connectivity index (χ0) is 23.7. The molecule has 182 valence electrons. The summed E-state index contributed by atoms with van der Waals surface area (Å²) in [6.45, 7) is 15.4. The Morgan fingerprint density at radius 1 is 1.03 bits per heavy atom. The van der Waals surface area contributed by atoms with Crippen molar-refractivity contribution in [3.8, 4) is 11.5 Å². The highest BCUT2D eigenvalue weighted by Crippen LogP contribution is 2.35. The van der Waals surface area contributed by atoms with Crippen LogP contribution in [0.5, 0.6) is 0 Å². The van der Waals surface area contributed by atoms with Crippen molar-refractivity contribution in [1.82, 2.24) is 9.90 Å². The Labute approximate surface area is 199 Å². The summed E-state index contributed by atoms with van der Waals surface area (Å²) in [6, 6.07) is 0.